The quantitative estimate of drug-likeness (QED) is 0.233. The van der Waals surface area contributed by atoms with Gasteiger partial charge >= 0.3 is 5.97 Å². The number of hydrogen-bond acceptors (Lipinski definition) is 3. The minimum absolute atomic E-state index is 0.0823. The molecule has 0 heterocycles. The molecule has 3 nitrogen and oxygen atoms in total. The van der Waals surface area contributed by atoms with E-state index in [9.17, 15) is 18.0 Å². The van der Waals surface area contributed by atoms with E-state index in [0.29, 0.717) is 11.8 Å². The molecule has 1 fully saturated rings. The van der Waals surface area contributed by atoms with Gasteiger partial charge in [-0.25, -0.2) is 18.0 Å². The maximum absolute atomic E-state index is 14.8. The first-order valence-corrected chi connectivity index (χ1v) is 12.5. The molecule has 190 valence electrons. The van der Waals surface area contributed by atoms with Crippen LogP contribution in [-0.4, -0.2) is 12.6 Å². The van der Waals surface area contributed by atoms with Crippen molar-refractivity contribution in [2.24, 2.45) is 5.92 Å². The summed E-state index contributed by atoms with van der Waals surface area (Å²) in [6, 6.07) is 16.7. The summed E-state index contributed by atoms with van der Waals surface area (Å²) in [7, 11) is 0. The number of hydrogen-bond donors (Lipinski definition) is 0. The molecule has 6 heteroatoms. The van der Waals surface area contributed by atoms with Crippen LogP contribution in [0, 0.1) is 23.4 Å². The molecule has 0 spiro atoms. The van der Waals surface area contributed by atoms with Crippen LogP contribution < -0.4 is 9.47 Å². The van der Waals surface area contributed by atoms with Gasteiger partial charge in [0.1, 0.15) is 11.6 Å². The van der Waals surface area contributed by atoms with Gasteiger partial charge in [-0.15, -0.1) is 0 Å². The van der Waals surface area contributed by atoms with Crippen molar-refractivity contribution in [1.29, 1.82) is 0 Å². The molecule has 1 aliphatic rings. The molecule has 3 aromatic rings. The van der Waals surface area contributed by atoms with E-state index < -0.39 is 29.2 Å². The van der Waals surface area contributed by atoms with Crippen LogP contribution >= 0.6 is 0 Å². The highest BCUT2D eigenvalue weighted by Crippen LogP contribution is 2.40. The Hall–Kier alpha value is -3.28. The highest BCUT2D eigenvalue weighted by atomic mass is 19.1. The molecule has 0 aromatic heterocycles. The lowest BCUT2D eigenvalue weighted by molar-refractivity contribution is 0.0728. The smallest absolute Gasteiger partial charge is 0.346 e. The Balaban J connectivity index is 1.35. The van der Waals surface area contributed by atoms with Gasteiger partial charge in [0.05, 0.1) is 12.2 Å². The first-order chi connectivity index (χ1) is 17.4. The Kier molecular flexibility index (Phi) is 8.34. The fourth-order valence-electron chi connectivity index (χ4n) is 5.14. The van der Waals surface area contributed by atoms with E-state index >= 15 is 0 Å². The second-order valence-electron chi connectivity index (χ2n) is 9.54. The van der Waals surface area contributed by atoms with Crippen LogP contribution in [0.2, 0.25) is 0 Å². The summed E-state index contributed by atoms with van der Waals surface area (Å²) in [4.78, 5) is 12.5. The first-order valence-electron chi connectivity index (χ1n) is 12.5. The summed E-state index contributed by atoms with van der Waals surface area (Å²) in [5, 5.41) is 0. The van der Waals surface area contributed by atoms with Crippen LogP contribution in [0.4, 0.5) is 13.2 Å². The van der Waals surface area contributed by atoms with E-state index in [2.05, 4.69) is 31.2 Å². The number of carbonyl (C=O) groups excluding carboxylic acids is 1. The Morgan fingerprint density at radius 3 is 2.19 bits per heavy atom. The van der Waals surface area contributed by atoms with E-state index in [1.807, 2.05) is 6.07 Å². The molecule has 3 aromatic carbocycles. The third-order valence-corrected chi connectivity index (χ3v) is 7.06. The van der Waals surface area contributed by atoms with Gasteiger partial charge in [-0.05, 0) is 80.0 Å². The summed E-state index contributed by atoms with van der Waals surface area (Å²) in [5.41, 5.74) is 1.94. The van der Waals surface area contributed by atoms with Crippen molar-refractivity contribution in [3.8, 4) is 11.5 Å². The molecule has 36 heavy (non-hydrogen) atoms. The van der Waals surface area contributed by atoms with Gasteiger partial charge in [0.25, 0.3) is 0 Å². The Morgan fingerprint density at radius 1 is 0.917 bits per heavy atom. The van der Waals surface area contributed by atoms with Crippen molar-refractivity contribution in [1.82, 2.24) is 0 Å². The predicted octanol–water partition coefficient (Wildman–Crippen LogP) is 8.19. The van der Waals surface area contributed by atoms with Gasteiger partial charge in [-0.2, -0.15) is 0 Å². The second kappa shape index (κ2) is 11.6. The lowest BCUT2D eigenvalue weighted by atomic mass is 9.75. The summed E-state index contributed by atoms with van der Waals surface area (Å²) < 4.78 is 52.9. The third kappa shape index (κ3) is 6.10. The molecule has 4 rings (SSSR count). The highest BCUT2D eigenvalue weighted by Gasteiger charge is 2.26. The van der Waals surface area contributed by atoms with Gasteiger partial charge in [-0.3, -0.25) is 0 Å². The van der Waals surface area contributed by atoms with Gasteiger partial charge in [-0.1, -0.05) is 43.3 Å². The Bertz CT molecular complexity index is 1160. The lowest BCUT2D eigenvalue weighted by Gasteiger charge is -2.30. The van der Waals surface area contributed by atoms with Crippen molar-refractivity contribution in [3.05, 3.63) is 94.8 Å². The van der Waals surface area contributed by atoms with E-state index in [-0.39, 0.29) is 23.8 Å². The third-order valence-electron chi connectivity index (χ3n) is 7.06. The molecular weight excluding hydrogens is 465 g/mol. The summed E-state index contributed by atoms with van der Waals surface area (Å²) in [5.74, 6) is -3.22. The molecule has 0 aliphatic heterocycles. The maximum atomic E-state index is 14.8. The van der Waals surface area contributed by atoms with Crippen LogP contribution in [-0.2, 0) is 0 Å². The molecule has 0 unspecified atom stereocenters. The second-order valence-corrected chi connectivity index (χ2v) is 9.54. The Morgan fingerprint density at radius 2 is 1.58 bits per heavy atom. The van der Waals surface area contributed by atoms with Gasteiger partial charge in [0.15, 0.2) is 17.4 Å². The topological polar surface area (TPSA) is 35.5 Å². The standard InChI is InChI=1S/C30H31F3O3/c1-3-35-29-27(32)17-24(18-28(29)33)36-30(34)25-14-13-23(16-26(25)31)22-11-9-20(10-12-22)15-19(2)21-7-5-4-6-8-21/h4-8,13-14,16-20,22H,3,9-12,15H2,1-2H3/t19-,20?,22?/m0/s1. The maximum Gasteiger partial charge on any atom is 0.346 e. The van der Waals surface area contributed by atoms with E-state index in [4.69, 9.17) is 9.47 Å². The molecule has 0 amide bonds. The Labute approximate surface area is 210 Å². The molecular formula is C30H31F3O3. The van der Waals surface area contributed by atoms with Crippen molar-refractivity contribution in [2.75, 3.05) is 6.61 Å². The number of ether oxygens (including phenoxy) is 2. The fraction of sp³-hybridized carbons (Fsp3) is 0.367. The molecule has 0 radical (unpaired) electrons. The normalized spacial score (nSPS) is 18.5. The predicted molar refractivity (Wildman–Crippen MR) is 133 cm³/mol. The SMILES string of the molecule is CCOc1c(F)cc(OC(=O)c2ccc(C3CCC(C[C@H](C)c4ccccc4)CC3)cc2F)cc1F. The minimum Gasteiger partial charge on any atom is -0.488 e. The number of carbonyl (C=O) groups is 1. The van der Waals surface area contributed by atoms with Crippen LogP contribution in [0.3, 0.4) is 0 Å². The van der Waals surface area contributed by atoms with Crippen LogP contribution in [0.5, 0.6) is 11.5 Å². The van der Waals surface area contributed by atoms with Gasteiger partial charge in [0, 0.05) is 12.1 Å². The monoisotopic (exact) mass is 496 g/mol. The van der Waals surface area contributed by atoms with Crippen LogP contribution in [0.15, 0.2) is 60.7 Å². The molecule has 0 bridgehead atoms. The summed E-state index contributed by atoms with van der Waals surface area (Å²) in [6.45, 7) is 3.95. The van der Waals surface area contributed by atoms with Crippen molar-refractivity contribution < 1.29 is 27.4 Å². The molecule has 1 saturated carbocycles. The highest BCUT2D eigenvalue weighted by molar-refractivity contribution is 5.91. The van der Waals surface area contributed by atoms with Crippen LogP contribution in [0.25, 0.3) is 0 Å². The van der Waals surface area contributed by atoms with E-state index in [1.54, 1.807) is 13.0 Å². The lowest BCUT2D eigenvalue weighted by Crippen LogP contribution is -2.16. The van der Waals surface area contributed by atoms with E-state index in [0.717, 1.165) is 49.8 Å². The number of rotatable bonds is 8. The largest absolute Gasteiger partial charge is 0.488 e. The summed E-state index contributed by atoms with van der Waals surface area (Å²) in [6.07, 6.45) is 5.26. The summed E-state index contributed by atoms with van der Waals surface area (Å²) >= 11 is 0. The first kappa shape index (κ1) is 25.8. The van der Waals surface area contributed by atoms with Gasteiger partial charge < -0.3 is 9.47 Å². The van der Waals surface area contributed by atoms with E-state index in [1.165, 1.54) is 17.7 Å². The zero-order valence-corrected chi connectivity index (χ0v) is 20.6. The van der Waals surface area contributed by atoms with Crippen molar-refractivity contribution in [3.63, 3.8) is 0 Å². The number of benzene rings is 3. The minimum atomic E-state index is -1.01. The van der Waals surface area contributed by atoms with Gasteiger partial charge in [0.2, 0.25) is 0 Å². The molecule has 0 N–H and O–H groups in total. The number of esters is 1. The fourth-order valence-corrected chi connectivity index (χ4v) is 5.14. The average molecular weight is 497 g/mol. The zero-order valence-electron chi connectivity index (χ0n) is 20.6. The molecule has 0 saturated heterocycles. The molecule has 1 aliphatic carbocycles. The van der Waals surface area contributed by atoms with Crippen molar-refractivity contribution >= 4 is 5.97 Å². The van der Waals surface area contributed by atoms with Crippen molar-refractivity contribution in [2.45, 2.75) is 57.8 Å². The zero-order chi connectivity index (χ0) is 25.7. The van der Waals surface area contributed by atoms with Crippen LogP contribution in [0.1, 0.15) is 79.3 Å². The molecule has 1 atom stereocenters. The number of halogens is 3. The average Bonchev–Trinajstić information content (AvgIpc) is 2.87.